The highest BCUT2D eigenvalue weighted by molar-refractivity contribution is 7.89. The topological polar surface area (TPSA) is 60.2 Å². The number of hydrogen-bond donors (Lipinski definition) is 1. The van der Waals surface area contributed by atoms with Crippen LogP contribution < -0.4 is 5.14 Å². The molecule has 3 nitrogen and oxygen atoms in total. The lowest BCUT2D eigenvalue weighted by molar-refractivity contribution is 0.403. The Morgan fingerprint density at radius 2 is 1.53 bits per heavy atom. The first kappa shape index (κ1) is 16.9. The van der Waals surface area contributed by atoms with Crippen LogP contribution in [0.15, 0.2) is 0 Å². The predicted molar refractivity (Wildman–Crippen MR) is 74.3 cm³/mol. The van der Waals surface area contributed by atoms with Gasteiger partial charge in [0.2, 0.25) is 10.0 Å². The van der Waals surface area contributed by atoms with Gasteiger partial charge in [0.15, 0.2) is 0 Å². The Morgan fingerprint density at radius 3 is 1.94 bits per heavy atom. The van der Waals surface area contributed by atoms with Gasteiger partial charge < -0.3 is 0 Å². The van der Waals surface area contributed by atoms with Crippen molar-refractivity contribution in [1.82, 2.24) is 0 Å². The summed E-state index contributed by atoms with van der Waals surface area (Å²) in [4.78, 5) is 0. The van der Waals surface area contributed by atoms with Gasteiger partial charge >= 0.3 is 0 Å². The average Bonchev–Trinajstić information content (AvgIpc) is 2.25. The van der Waals surface area contributed by atoms with Gasteiger partial charge in [-0.1, -0.05) is 59.3 Å². The molecule has 0 aromatic heterocycles. The SMILES string of the molecule is CCCCCCCC(CC)C(CC)S(N)(=O)=O. The number of hydrogen-bond acceptors (Lipinski definition) is 2. The molecule has 0 aliphatic heterocycles. The number of primary sulfonamides is 1. The molecule has 2 N–H and O–H groups in total. The lowest BCUT2D eigenvalue weighted by Crippen LogP contribution is -2.34. The van der Waals surface area contributed by atoms with Crippen LogP contribution in [0.3, 0.4) is 0 Å². The molecule has 0 amide bonds. The lowest BCUT2D eigenvalue weighted by atomic mass is 9.93. The van der Waals surface area contributed by atoms with Crippen molar-refractivity contribution in [2.75, 3.05) is 0 Å². The minimum Gasteiger partial charge on any atom is -0.228 e. The summed E-state index contributed by atoms with van der Waals surface area (Å²) in [5, 5.41) is 4.94. The molecule has 0 saturated carbocycles. The summed E-state index contributed by atoms with van der Waals surface area (Å²) in [5.74, 6) is 0.233. The first-order valence-electron chi connectivity index (χ1n) is 6.98. The van der Waals surface area contributed by atoms with E-state index in [4.69, 9.17) is 5.14 Å². The fourth-order valence-corrected chi connectivity index (χ4v) is 3.83. The first-order chi connectivity index (χ1) is 7.97. The van der Waals surface area contributed by atoms with Crippen molar-refractivity contribution in [3.8, 4) is 0 Å². The third-order valence-corrected chi connectivity index (χ3v) is 5.12. The van der Waals surface area contributed by atoms with Crippen molar-refractivity contribution in [1.29, 1.82) is 0 Å². The molecule has 0 radical (unpaired) electrons. The third-order valence-electron chi connectivity index (χ3n) is 3.55. The zero-order valence-electron chi connectivity index (χ0n) is 11.6. The summed E-state index contributed by atoms with van der Waals surface area (Å²) in [6.45, 7) is 6.17. The zero-order valence-corrected chi connectivity index (χ0v) is 12.4. The van der Waals surface area contributed by atoms with E-state index in [1.54, 1.807) is 0 Å². The summed E-state index contributed by atoms with van der Waals surface area (Å²) in [7, 11) is -3.37. The van der Waals surface area contributed by atoms with Crippen molar-refractivity contribution in [3.05, 3.63) is 0 Å². The summed E-state index contributed by atoms with van der Waals surface area (Å²) in [6, 6.07) is 0. The molecule has 0 spiro atoms. The number of rotatable bonds is 10. The van der Waals surface area contributed by atoms with Crippen molar-refractivity contribution in [2.45, 2.75) is 77.4 Å². The van der Waals surface area contributed by atoms with E-state index in [1.807, 2.05) is 6.92 Å². The molecule has 0 aliphatic rings. The summed E-state index contributed by atoms with van der Waals surface area (Å²) in [6.07, 6.45) is 8.66. The molecule has 0 fully saturated rings. The van der Waals surface area contributed by atoms with Crippen molar-refractivity contribution >= 4 is 10.0 Å². The Balaban J connectivity index is 4.13. The number of unbranched alkanes of at least 4 members (excludes halogenated alkanes) is 4. The maximum atomic E-state index is 11.5. The maximum absolute atomic E-state index is 11.5. The third kappa shape index (κ3) is 7.04. The molecule has 0 aromatic rings. The first-order valence-corrected chi connectivity index (χ1v) is 8.59. The highest BCUT2D eigenvalue weighted by atomic mass is 32.2. The van der Waals surface area contributed by atoms with Gasteiger partial charge in [0.1, 0.15) is 0 Å². The molecule has 4 heteroatoms. The second kappa shape index (κ2) is 8.92. The second-order valence-electron chi connectivity index (χ2n) is 4.91. The Morgan fingerprint density at radius 1 is 0.941 bits per heavy atom. The van der Waals surface area contributed by atoms with Gasteiger partial charge in [-0.2, -0.15) is 0 Å². The Bertz CT molecular complexity index is 275. The molecule has 0 aliphatic carbocycles. The van der Waals surface area contributed by atoms with E-state index in [-0.39, 0.29) is 11.2 Å². The predicted octanol–water partition coefficient (Wildman–Crippen LogP) is 3.44. The van der Waals surface area contributed by atoms with Crippen LogP contribution in [0, 0.1) is 5.92 Å². The molecule has 2 unspecified atom stereocenters. The monoisotopic (exact) mass is 263 g/mol. The van der Waals surface area contributed by atoms with E-state index in [2.05, 4.69) is 13.8 Å². The highest BCUT2D eigenvalue weighted by Crippen LogP contribution is 2.24. The molecule has 0 heterocycles. The van der Waals surface area contributed by atoms with Gasteiger partial charge in [-0.05, 0) is 18.8 Å². The normalized spacial score (nSPS) is 15.8. The average molecular weight is 263 g/mol. The van der Waals surface area contributed by atoms with Crippen molar-refractivity contribution < 1.29 is 8.42 Å². The quantitative estimate of drug-likeness (QED) is 0.614. The molecule has 0 aromatic carbocycles. The van der Waals surface area contributed by atoms with Gasteiger partial charge in [0.05, 0.1) is 5.25 Å². The van der Waals surface area contributed by atoms with E-state index >= 15 is 0 Å². The minimum atomic E-state index is -3.37. The molecule has 2 atom stereocenters. The van der Waals surface area contributed by atoms with Crippen LogP contribution in [-0.2, 0) is 10.0 Å². The summed E-state index contributed by atoms with van der Waals surface area (Å²) in [5.41, 5.74) is 0. The largest absolute Gasteiger partial charge is 0.228 e. The Kier molecular flexibility index (Phi) is 8.88. The van der Waals surface area contributed by atoms with Gasteiger partial charge in [0.25, 0.3) is 0 Å². The fourth-order valence-electron chi connectivity index (χ4n) is 2.50. The molecule has 0 saturated heterocycles. The molecule has 0 rings (SSSR count). The molecule has 17 heavy (non-hydrogen) atoms. The molecular weight excluding hydrogens is 234 g/mol. The van der Waals surface area contributed by atoms with Gasteiger partial charge in [-0.3, -0.25) is 0 Å². The standard InChI is InChI=1S/C13H29NO2S/c1-4-7-8-9-10-11-12(5-2)13(6-3)17(14,15)16/h12-13H,4-11H2,1-3H3,(H2,14,15,16). The van der Waals surface area contributed by atoms with Gasteiger partial charge in [0, 0.05) is 0 Å². The second-order valence-corrected chi connectivity index (χ2v) is 6.69. The van der Waals surface area contributed by atoms with Crippen LogP contribution in [0.5, 0.6) is 0 Å². The number of sulfonamides is 1. The van der Waals surface area contributed by atoms with Crippen LogP contribution in [0.2, 0.25) is 0 Å². The zero-order chi connectivity index (χ0) is 13.3. The summed E-state index contributed by atoms with van der Waals surface area (Å²) < 4.78 is 23.0. The van der Waals surface area contributed by atoms with Crippen LogP contribution in [0.25, 0.3) is 0 Å². The van der Waals surface area contributed by atoms with E-state index < -0.39 is 10.0 Å². The molecule has 0 bridgehead atoms. The van der Waals surface area contributed by atoms with E-state index in [9.17, 15) is 8.42 Å². The fraction of sp³-hybridized carbons (Fsp3) is 1.00. The highest BCUT2D eigenvalue weighted by Gasteiger charge is 2.27. The maximum Gasteiger partial charge on any atom is 0.212 e. The van der Waals surface area contributed by atoms with Crippen LogP contribution in [0.4, 0.5) is 0 Å². The van der Waals surface area contributed by atoms with Crippen molar-refractivity contribution in [2.24, 2.45) is 11.1 Å². The summed E-state index contributed by atoms with van der Waals surface area (Å²) >= 11 is 0. The van der Waals surface area contributed by atoms with Crippen LogP contribution in [-0.4, -0.2) is 13.7 Å². The van der Waals surface area contributed by atoms with Crippen molar-refractivity contribution in [3.63, 3.8) is 0 Å². The van der Waals surface area contributed by atoms with Gasteiger partial charge in [-0.15, -0.1) is 0 Å². The molecular formula is C13H29NO2S. The molecule has 104 valence electrons. The van der Waals surface area contributed by atoms with E-state index in [0.29, 0.717) is 6.42 Å². The van der Waals surface area contributed by atoms with E-state index in [0.717, 1.165) is 19.3 Å². The smallest absolute Gasteiger partial charge is 0.212 e. The van der Waals surface area contributed by atoms with E-state index in [1.165, 1.54) is 25.7 Å². The van der Waals surface area contributed by atoms with Crippen LogP contribution in [0.1, 0.15) is 72.1 Å². The van der Waals surface area contributed by atoms with Crippen LogP contribution >= 0.6 is 0 Å². The number of nitrogens with two attached hydrogens (primary N) is 1. The Labute approximate surface area is 107 Å². The van der Waals surface area contributed by atoms with Gasteiger partial charge in [-0.25, -0.2) is 13.6 Å². The minimum absolute atomic E-state index is 0.233. The Hall–Kier alpha value is -0.0900. The lowest BCUT2D eigenvalue weighted by Gasteiger charge is -2.23.